The van der Waals surface area contributed by atoms with Crippen LogP contribution in [0.5, 0.6) is 0 Å². The monoisotopic (exact) mass is 242 g/mol. The summed E-state index contributed by atoms with van der Waals surface area (Å²) in [4.78, 5) is 4.10. The second-order valence-corrected chi connectivity index (χ2v) is 3.52. The summed E-state index contributed by atoms with van der Waals surface area (Å²) in [5.41, 5.74) is 6.20. The number of pyridine rings is 1. The summed E-state index contributed by atoms with van der Waals surface area (Å²) in [6.45, 7) is 3.79. The van der Waals surface area contributed by atoms with Crippen molar-refractivity contribution in [3.63, 3.8) is 0 Å². The van der Waals surface area contributed by atoms with E-state index in [1.165, 1.54) is 0 Å². The highest BCUT2D eigenvalue weighted by Crippen LogP contribution is 2.17. The van der Waals surface area contributed by atoms with Crippen LogP contribution in [-0.4, -0.2) is 4.98 Å². The van der Waals surface area contributed by atoms with Gasteiger partial charge in [-0.2, -0.15) is 0 Å². The average Bonchev–Trinajstić information content (AvgIpc) is 1.86. The third kappa shape index (κ3) is 4.67. The Labute approximate surface area is 95.7 Å². The van der Waals surface area contributed by atoms with Crippen LogP contribution < -0.4 is 5.73 Å². The molecule has 1 aromatic rings. The van der Waals surface area contributed by atoms with E-state index in [9.17, 15) is 0 Å². The van der Waals surface area contributed by atoms with E-state index in [1.54, 1.807) is 18.3 Å². The first-order valence-corrected chi connectivity index (χ1v) is 3.79. The first-order chi connectivity index (χ1) is 5.00. The number of hydrogen-bond donors (Lipinski definition) is 1. The largest absolute Gasteiger partial charge is 0.321 e. The van der Waals surface area contributed by atoms with Crippen molar-refractivity contribution in [3.8, 4) is 0 Å². The fraction of sp³-hybridized carbons (Fsp3) is 0.375. The number of halogens is 3. The van der Waals surface area contributed by atoms with Crippen LogP contribution in [0.1, 0.15) is 19.5 Å². The maximum atomic E-state index is 5.80. The maximum Gasteiger partial charge on any atom is 0.0611 e. The third-order valence-corrected chi connectivity index (χ3v) is 1.62. The summed E-state index contributed by atoms with van der Waals surface area (Å²) in [7, 11) is 0. The molecule has 13 heavy (non-hydrogen) atoms. The number of rotatable bonds is 1. The van der Waals surface area contributed by atoms with Crippen molar-refractivity contribution in [1.29, 1.82) is 0 Å². The van der Waals surface area contributed by atoms with E-state index in [1.807, 2.05) is 13.8 Å². The first-order valence-electron chi connectivity index (χ1n) is 3.41. The van der Waals surface area contributed by atoms with Crippen molar-refractivity contribution >= 4 is 36.4 Å². The molecule has 1 aromatic heterocycles. The summed E-state index contributed by atoms with van der Waals surface area (Å²) in [6, 6.07) is 3.51. The van der Waals surface area contributed by atoms with Gasteiger partial charge in [0.2, 0.25) is 0 Å². The molecule has 2 N–H and O–H groups in total. The van der Waals surface area contributed by atoms with Gasteiger partial charge in [0.25, 0.3) is 0 Å². The Morgan fingerprint density at radius 1 is 1.38 bits per heavy atom. The van der Waals surface area contributed by atoms with E-state index in [-0.39, 0.29) is 24.8 Å². The van der Waals surface area contributed by atoms with E-state index in [4.69, 9.17) is 17.3 Å². The molecule has 0 unspecified atom stereocenters. The van der Waals surface area contributed by atoms with Crippen LogP contribution >= 0.6 is 36.4 Å². The summed E-state index contributed by atoms with van der Waals surface area (Å²) >= 11 is 5.76. The lowest BCUT2D eigenvalue weighted by Gasteiger charge is -2.17. The SMILES string of the molecule is CC(C)(N)c1cc(Cl)ccn1.Cl.Cl. The highest BCUT2D eigenvalue weighted by atomic mass is 35.5. The molecule has 0 atom stereocenters. The molecule has 5 heteroatoms. The van der Waals surface area contributed by atoms with E-state index in [0.29, 0.717) is 5.02 Å². The van der Waals surface area contributed by atoms with Gasteiger partial charge >= 0.3 is 0 Å². The van der Waals surface area contributed by atoms with Crippen molar-refractivity contribution in [3.05, 3.63) is 29.0 Å². The Morgan fingerprint density at radius 2 is 1.92 bits per heavy atom. The molecule has 0 bridgehead atoms. The smallest absolute Gasteiger partial charge is 0.0611 e. The van der Waals surface area contributed by atoms with Gasteiger partial charge < -0.3 is 5.73 Å². The van der Waals surface area contributed by atoms with Crippen molar-refractivity contribution < 1.29 is 0 Å². The van der Waals surface area contributed by atoms with E-state index in [2.05, 4.69) is 4.98 Å². The van der Waals surface area contributed by atoms with Crippen LogP contribution in [0.4, 0.5) is 0 Å². The van der Waals surface area contributed by atoms with Crippen LogP contribution in [0.3, 0.4) is 0 Å². The lowest BCUT2D eigenvalue weighted by molar-refractivity contribution is 0.535. The van der Waals surface area contributed by atoms with Crippen molar-refractivity contribution in [2.24, 2.45) is 5.73 Å². The minimum Gasteiger partial charge on any atom is -0.321 e. The van der Waals surface area contributed by atoms with Crippen molar-refractivity contribution in [2.45, 2.75) is 19.4 Å². The van der Waals surface area contributed by atoms with Crippen LogP contribution in [0, 0.1) is 0 Å². The number of hydrogen-bond acceptors (Lipinski definition) is 2. The fourth-order valence-corrected chi connectivity index (χ4v) is 0.917. The van der Waals surface area contributed by atoms with Crippen molar-refractivity contribution in [1.82, 2.24) is 4.98 Å². The van der Waals surface area contributed by atoms with Gasteiger partial charge in [0.15, 0.2) is 0 Å². The number of nitrogens with zero attached hydrogens (tertiary/aromatic N) is 1. The molecule has 0 radical (unpaired) electrons. The topological polar surface area (TPSA) is 38.9 Å². The Morgan fingerprint density at radius 3 is 2.23 bits per heavy atom. The molecule has 1 heterocycles. The maximum absolute atomic E-state index is 5.80. The van der Waals surface area contributed by atoms with Crippen molar-refractivity contribution in [2.75, 3.05) is 0 Å². The summed E-state index contributed by atoms with van der Waals surface area (Å²) < 4.78 is 0. The second-order valence-electron chi connectivity index (χ2n) is 3.08. The molecule has 0 amide bonds. The molecule has 0 aromatic carbocycles. The quantitative estimate of drug-likeness (QED) is 0.824. The van der Waals surface area contributed by atoms with Crippen LogP contribution in [0.15, 0.2) is 18.3 Å². The normalized spacial score (nSPS) is 9.85. The van der Waals surface area contributed by atoms with Crippen LogP contribution in [-0.2, 0) is 5.54 Å². The molecule has 0 aliphatic heterocycles. The molecule has 0 spiro atoms. The van der Waals surface area contributed by atoms with Gasteiger partial charge in [0.1, 0.15) is 0 Å². The highest BCUT2D eigenvalue weighted by Gasteiger charge is 2.15. The lowest BCUT2D eigenvalue weighted by Crippen LogP contribution is -2.29. The molecule has 1 rings (SSSR count). The zero-order valence-corrected chi connectivity index (χ0v) is 9.84. The number of aromatic nitrogens is 1. The molecule has 0 saturated heterocycles. The Kier molecular flexibility index (Phi) is 6.72. The predicted octanol–water partition coefficient (Wildman–Crippen LogP) is 2.77. The Bertz CT molecular complexity index is 258. The third-order valence-electron chi connectivity index (χ3n) is 1.38. The van der Waals surface area contributed by atoms with Gasteiger partial charge in [-0.05, 0) is 26.0 Å². The molecule has 0 aliphatic rings. The fourth-order valence-electron chi connectivity index (χ4n) is 0.757. The standard InChI is InChI=1S/C8H11ClN2.2ClH/c1-8(2,10)7-5-6(9)3-4-11-7;;/h3-5H,10H2,1-2H3;2*1H. The summed E-state index contributed by atoms with van der Waals surface area (Å²) in [5.74, 6) is 0. The number of nitrogens with two attached hydrogens (primary N) is 1. The van der Waals surface area contributed by atoms with E-state index >= 15 is 0 Å². The molecule has 76 valence electrons. The van der Waals surface area contributed by atoms with Gasteiger partial charge in [0, 0.05) is 11.2 Å². The average molecular weight is 244 g/mol. The first kappa shape index (κ1) is 15.5. The van der Waals surface area contributed by atoms with E-state index in [0.717, 1.165) is 5.69 Å². The zero-order chi connectivity index (χ0) is 8.48. The summed E-state index contributed by atoms with van der Waals surface area (Å²) in [5, 5.41) is 0.675. The summed E-state index contributed by atoms with van der Waals surface area (Å²) in [6.07, 6.45) is 1.66. The molecule has 2 nitrogen and oxygen atoms in total. The van der Waals surface area contributed by atoms with Gasteiger partial charge in [-0.3, -0.25) is 4.98 Å². The molecule has 0 saturated carbocycles. The van der Waals surface area contributed by atoms with Gasteiger partial charge in [0.05, 0.1) is 11.2 Å². The minimum absolute atomic E-state index is 0. The van der Waals surface area contributed by atoms with Gasteiger partial charge in [-0.25, -0.2) is 0 Å². The Hall–Kier alpha value is -0.0200. The molecule has 0 aliphatic carbocycles. The van der Waals surface area contributed by atoms with Gasteiger partial charge in [-0.15, -0.1) is 24.8 Å². The van der Waals surface area contributed by atoms with Crippen LogP contribution in [0.25, 0.3) is 0 Å². The van der Waals surface area contributed by atoms with E-state index < -0.39 is 5.54 Å². The second kappa shape index (κ2) is 5.66. The highest BCUT2D eigenvalue weighted by molar-refractivity contribution is 6.30. The van der Waals surface area contributed by atoms with Crippen LogP contribution in [0.2, 0.25) is 5.02 Å². The molecular weight excluding hydrogens is 230 g/mol. The van der Waals surface area contributed by atoms with Gasteiger partial charge in [-0.1, -0.05) is 11.6 Å². The zero-order valence-electron chi connectivity index (χ0n) is 7.45. The Balaban J connectivity index is 0. The molecular formula is C8H13Cl3N2. The minimum atomic E-state index is -0.412. The molecule has 0 fully saturated rings. The lowest BCUT2D eigenvalue weighted by atomic mass is 10.0. The predicted molar refractivity (Wildman–Crippen MR) is 61.0 cm³/mol.